The molecule has 3 aliphatic rings. The molecule has 3 heterocycles. The quantitative estimate of drug-likeness (QED) is 0.637. The molecule has 190 valence electrons. The summed E-state index contributed by atoms with van der Waals surface area (Å²) < 4.78 is 22.6. The third kappa shape index (κ3) is 4.47. The lowest BCUT2D eigenvalue weighted by molar-refractivity contribution is -0.944. The Morgan fingerprint density at radius 1 is 0.800 bits per heavy atom. The third-order valence-corrected chi connectivity index (χ3v) is 8.95. The number of piperidine rings is 1. The highest BCUT2D eigenvalue weighted by Gasteiger charge is 2.43. The second-order valence-corrected chi connectivity index (χ2v) is 10.5. The van der Waals surface area contributed by atoms with Crippen molar-refractivity contribution in [1.82, 2.24) is 0 Å². The number of quaternary nitrogens is 2. The molecule has 0 aliphatic carbocycles. The number of rotatable bonds is 7. The van der Waals surface area contributed by atoms with Gasteiger partial charge in [-0.25, -0.2) is 0 Å². The molecule has 0 bridgehead atoms. The number of ether oxygens (including phenoxy) is 4. The van der Waals surface area contributed by atoms with Crippen LogP contribution < -0.4 is 29.2 Å². The molecule has 35 heavy (non-hydrogen) atoms. The van der Waals surface area contributed by atoms with Crippen LogP contribution in [0.5, 0.6) is 23.0 Å². The van der Waals surface area contributed by atoms with E-state index in [9.17, 15) is 0 Å². The highest BCUT2D eigenvalue weighted by molar-refractivity contribution is 5.50. The van der Waals surface area contributed by atoms with Gasteiger partial charge in [0.15, 0.2) is 23.0 Å². The van der Waals surface area contributed by atoms with Gasteiger partial charge in [-0.1, -0.05) is 6.92 Å². The molecule has 2 aromatic rings. The van der Waals surface area contributed by atoms with Crippen LogP contribution in [0.2, 0.25) is 0 Å². The fourth-order valence-corrected chi connectivity index (χ4v) is 7.08. The molecule has 5 atom stereocenters. The first-order valence-corrected chi connectivity index (χ1v) is 13.3. The molecule has 6 nitrogen and oxygen atoms in total. The van der Waals surface area contributed by atoms with E-state index in [-0.39, 0.29) is 0 Å². The smallest absolute Gasteiger partial charge is 0.161 e. The molecule has 3 N–H and O–H groups in total. The molecule has 0 spiro atoms. The van der Waals surface area contributed by atoms with Crippen LogP contribution in [0, 0.1) is 11.8 Å². The van der Waals surface area contributed by atoms with Gasteiger partial charge < -0.3 is 29.2 Å². The molecule has 5 unspecified atom stereocenters. The topological polar surface area (TPSA) is 58.0 Å². The number of fused-ring (bicyclic) bond motifs is 4. The Morgan fingerprint density at radius 2 is 1.40 bits per heavy atom. The lowest BCUT2D eigenvalue weighted by atomic mass is 9.72. The van der Waals surface area contributed by atoms with Crippen LogP contribution in [0.3, 0.4) is 0 Å². The molecule has 1 saturated heterocycles. The molecular weight excluding hydrogens is 440 g/mol. The first-order chi connectivity index (χ1) is 17.1. The van der Waals surface area contributed by atoms with Gasteiger partial charge in [0.25, 0.3) is 0 Å². The van der Waals surface area contributed by atoms with Gasteiger partial charge in [0.2, 0.25) is 0 Å². The fraction of sp³-hybridized carbons (Fsp3) is 0.586. The van der Waals surface area contributed by atoms with Crippen molar-refractivity contribution in [3.63, 3.8) is 0 Å². The molecule has 3 aliphatic heterocycles. The second-order valence-electron chi connectivity index (χ2n) is 10.5. The summed E-state index contributed by atoms with van der Waals surface area (Å²) in [5.41, 5.74) is 5.78. The van der Waals surface area contributed by atoms with Crippen LogP contribution >= 0.6 is 0 Å². The van der Waals surface area contributed by atoms with E-state index in [2.05, 4.69) is 36.5 Å². The number of nitrogens with two attached hydrogens (primary N) is 1. The Labute approximate surface area is 209 Å². The highest BCUT2D eigenvalue weighted by atomic mass is 16.5. The van der Waals surface area contributed by atoms with Gasteiger partial charge in [0.1, 0.15) is 12.1 Å². The minimum absolute atomic E-state index is 0.479. The summed E-state index contributed by atoms with van der Waals surface area (Å²) in [6, 6.07) is 9.95. The summed E-state index contributed by atoms with van der Waals surface area (Å²) >= 11 is 0. The van der Waals surface area contributed by atoms with Crippen molar-refractivity contribution in [1.29, 1.82) is 0 Å². The zero-order valence-electron chi connectivity index (χ0n) is 22.0. The van der Waals surface area contributed by atoms with E-state index in [1.807, 2.05) is 0 Å². The Kier molecular flexibility index (Phi) is 7.12. The van der Waals surface area contributed by atoms with Crippen LogP contribution in [0.1, 0.15) is 60.5 Å². The van der Waals surface area contributed by atoms with E-state index in [0.717, 1.165) is 48.3 Å². The van der Waals surface area contributed by atoms with Crippen LogP contribution in [-0.2, 0) is 12.8 Å². The molecular formula is C29H42N2O4+2. The first kappa shape index (κ1) is 24.3. The predicted octanol–water partition coefficient (Wildman–Crippen LogP) is 2.50. The minimum Gasteiger partial charge on any atom is -0.493 e. The molecule has 5 rings (SSSR count). The van der Waals surface area contributed by atoms with Gasteiger partial charge in [-0.3, -0.25) is 0 Å². The number of methoxy groups -OCH3 is 4. The van der Waals surface area contributed by atoms with E-state index in [0.29, 0.717) is 18.0 Å². The van der Waals surface area contributed by atoms with Crippen molar-refractivity contribution in [3.8, 4) is 23.0 Å². The third-order valence-electron chi connectivity index (χ3n) is 8.95. The number of nitrogens with one attached hydrogen (secondary N) is 1. The van der Waals surface area contributed by atoms with Gasteiger partial charge in [-0.05, 0) is 47.7 Å². The second kappa shape index (κ2) is 10.3. The lowest BCUT2D eigenvalue weighted by Crippen LogP contribution is -3.15. The van der Waals surface area contributed by atoms with Crippen molar-refractivity contribution >= 4 is 0 Å². The number of benzene rings is 2. The van der Waals surface area contributed by atoms with Gasteiger partial charge in [0.05, 0.1) is 48.1 Å². The SMILES string of the molecule is CCC1C[NH+]2CCc3cc(OC)c(OC)cc3C2CC1CC1[NH2+]CCc2cc(OC)c(OC)cc21. The summed E-state index contributed by atoms with van der Waals surface area (Å²) in [6.07, 6.45) is 5.92. The monoisotopic (exact) mass is 482 g/mol. The normalized spacial score (nSPS) is 27.3. The average Bonchev–Trinajstić information content (AvgIpc) is 2.91. The maximum absolute atomic E-state index is 5.69. The van der Waals surface area contributed by atoms with Crippen LogP contribution in [0.4, 0.5) is 0 Å². The maximum Gasteiger partial charge on any atom is 0.161 e. The molecule has 0 amide bonds. The van der Waals surface area contributed by atoms with Gasteiger partial charge >= 0.3 is 0 Å². The molecule has 1 fully saturated rings. The van der Waals surface area contributed by atoms with Crippen LogP contribution in [0.15, 0.2) is 24.3 Å². The molecule has 0 radical (unpaired) electrons. The van der Waals surface area contributed by atoms with Crippen molar-refractivity contribution in [2.75, 3.05) is 48.1 Å². The highest BCUT2D eigenvalue weighted by Crippen LogP contribution is 2.42. The molecule has 2 aromatic carbocycles. The molecule has 6 heteroatoms. The number of hydrogen-bond donors (Lipinski definition) is 2. The van der Waals surface area contributed by atoms with E-state index >= 15 is 0 Å². The Bertz CT molecular complexity index is 1050. The van der Waals surface area contributed by atoms with E-state index in [4.69, 9.17) is 18.9 Å². The van der Waals surface area contributed by atoms with Crippen LogP contribution in [-0.4, -0.2) is 48.1 Å². The lowest BCUT2D eigenvalue weighted by Gasteiger charge is -2.45. The summed E-state index contributed by atoms with van der Waals surface area (Å²) in [4.78, 5) is 1.76. The standard InChI is InChI=1S/C29H40N2O4/c1-6-18-17-31-10-8-20-14-27(33-3)29(35-5)16-23(20)25(31)12-21(18)11-24-22-15-28(34-4)26(32-2)13-19(22)7-9-30-24/h13-16,18,21,24-25,30H,6-12,17H2,1-5H3/p+2. The molecule has 0 saturated carbocycles. The maximum atomic E-state index is 5.69. The summed E-state index contributed by atoms with van der Waals surface area (Å²) in [7, 11) is 6.94. The summed E-state index contributed by atoms with van der Waals surface area (Å²) in [5, 5.41) is 2.56. The first-order valence-electron chi connectivity index (χ1n) is 13.3. The van der Waals surface area contributed by atoms with Crippen molar-refractivity contribution in [2.45, 2.75) is 51.1 Å². The Morgan fingerprint density at radius 3 is 2.03 bits per heavy atom. The van der Waals surface area contributed by atoms with Gasteiger partial charge in [-0.2, -0.15) is 0 Å². The van der Waals surface area contributed by atoms with E-state index < -0.39 is 0 Å². The molecule has 0 aromatic heterocycles. The zero-order valence-corrected chi connectivity index (χ0v) is 22.0. The summed E-state index contributed by atoms with van der Waals surface area (Å²) in [5.74, 6) is 4.87. The van der Waals surface area contributed by atoms with E-state index in [1.54, 1.807) is 33.3 Å². The Hall–Kier alpha value is -2.44. The largest absolute Gasteiger partial charge is 0.493 e. The van der Waals surface area contributed by atoms with E-state index in [1.165, 1.54) is 54.6 Å². The van der Waals surface area contributed by atoms with Gasteiger partial charge in [0, 0.05) is 42.7 Å². The fourth-order valence-electron chi connectivity index (χ4n) is 7.08. The number of hydrogen-bond acceptors (Lipinski definition) is 4. The summed E-state index contributed by atoms with van der Waals surface area (Å²) in [6.45, 7) is 6.00. The van der Waals surface area contributed by atoms with Crippen molar-refractivity contribution in [3.05, 3.63) is 46.5 Å². The predicted molar refractivity (Wildman–Crippen MR) is 136 cm³/mol. The Balaban J connectivity index is 1.43. The van der Waals surface area contributed by atoms with Crippen molar-refractivity contribution in [2.24, 2.45) is 11.8 Å². The van der Waals surface area contributed by atoms with Crippen molar-refractivity contribution < 1.29 is 29.2 Å². The van der Waals surface area contributed by atoms with Gasteiger partial charge in [-0.15, -0.1) is 0 Å². The minimum atomic E-state index is 0.479. The zero-order chi connectivity index (χ0) is 24.5. The van der Waals surface area contributed by atoms with Crippen LogP contribution in [0.25, 0.3) is 0 Å². The average molecular weight is 483 g/mol.